The van der Waals surface area contributed by atoms with Crippen molar-refractivity contribution in [2.75, 3.05) is 13.7 Å². The minimum Gasteiger partial charge on any atom is -0.508 e. The molecule has 171 valence electrons. The lowest BCUT2D eigenvalue weighted by atomic mass is 10.2. The smallest absolute Gasteiger partial charge is 0.217 e. The second kappa shape index (κ2) is 11.2. The molecule has 1 radical (unpaired) electrons. The summed E-state index contributed by atoms with van der Waals surface area (Å²) in [6, 6.07) is 18.6. The van der Waals surface area contributed by atoms with Gasteiger partial charge in [-0.05, 0) is 43.2 Å². The number of methoxy groups -OCH3 is 1. The molecule has 1 aromatic heterocycles. The number of phenols is 1. The van der Waals surface area contributed by atoms with Crippen molar-refractivity contribution in [3.05, 3.63) is 83.7 Å². The quantitative estimate of drug-likeness (QED) is 0.378. The van der Waals surface area contributed by atoms with Crippen LogP contribution in [0.3, 0.4) is 0 Å². The lowest BCUT2D eigenvalue weighted by Crippen LogP contribution is -1.97. The van der Waals surface area contributed by atoms with Crippen molar-refractivity contribution in [1.82, 2.24) is 4.98 Å². The molecule has 1 N–H and O–H groups in total. The normalized spacial score (nSPS) is 10.3. The van der Waals surface area contributed by atoms with Gasteiger partial charge < -0.3 is 19.3 Å². The van der Waals surface area contributed by atoms with Crippen LogP contribution in [0.2, 0.25) is 0 Å². The van der Waals surface area contributed by atoms with Crippen LogP contribution in [-0.2, 0) is 11.7 Å². The summed E-state index contributed by atoms with van der Waals surface area (Å²) in [6.07, 6.45) is 0. The Hall–Kier alpha value is -3.84. The molecule has 0 bridgehead atoms. The molecule has 6 nitrogen and oxygen atoms in total. The maximum absolute atomic E-state index is 14.2. The number of rotatable bonds is 6. The second-order valence-corrected chi connectivity index (χ2v) is 7.08. The summed E-state index contributed by atoms with van der Waals surface area (Å²) in [4.78, 5) is 4.40. The molecular formula is C26H25FNO5. The number of hydrogen-bond donors (Lipinski definition) is 1. The van der Waals surface area contributed by atoms with E-state index in [4.69, 9.17) is 14.2 Å². The number of pyridine rings is 1. The molecule has 1 heterocycles. The van der Waals surface area contributed by atoms with Crippen LogP contribution in [0.1, 0.15) is 18.1 Å². The number of aromatic nitrogens is 1. The lowest BCUT2D eigenvalue weighted by Gasteiger charge is -2.13. The van der Waals surface area contributed by atoms with E-state index in [1.807, 2.05) is 37.3 Å². The third kappa shape index (κ3) is 6.11. The van der Waals surface area contributed by atoms with Gasteiger partial charge in [0.2, 0.25) is 5.88 Å². The summed E-state index contributed by atoms with van der Waals surface area (Å²) in [5.41, 5.74) is 1.88. The number of hydrogen-bond acceptors (Lipinski definition) is 5. The van der Waals surface area contributed by atoms with E-state index < -0.39 is 5.82 Å². The fourth-order valence-corrected chi connectivity index (χ4v) is 3.00. The number of fused-ring (bicyclic) bond motifs is 1. The average molecular weight is 450 g/mol. The van der Waals surface area contributed by atoms with Crippen molar-refractivity contribution in [2.24, 2.45) is 0 Å². The predicted molar refractivity (Wildman–Crippen MR) is 123 cm³/mol. The van der Waals surface area contributed by atoms with Gasteiger partial charge in [0.05, 0.1) is 19.2 Å². The van der Waals surface area contributed by atoms with Crippen molar-refractivity contribution in [3.63, 3.8) is 0 Å². The van der Waals surface area contributed by atoms with Crippen molar-refractivity contribution >= 4 is 10.9 Å². The van der Waals surface area contributed by atoms with Crippen LogP contribution in [0.4, 0.5) is 4.39 Å². The zero-order valence-corrected chi connectivity index (χ0v) is 18.7. The number of benzene rings is 3. The molecule has 0 fully saturated rings. The highest BCUT2D eigenvalue weighted by Gasteiger charge is 2.14. The van der Waals surface area contributed by atoms with E-state index in [2.05, 4.69) is 4.98 Å². The Bertz CT molecular complexity index is 1210. The van der Waals surface area contributed by atoms with E-state index in [1.54, 1.807) is 38.3 Å². The number of aromatic hydroxyl groups is 1. The Balaban J connectivity index is 0.000000323. The molecule has 0 saturated heterocycles. The zero-order chi connectivity index (χ0) is 23.8. The van der Waals surface area contributed by atoms with Crippen molar-refractivity contribution in [1.29, 1.82) is 0 Å². The highest BCUT2D eigenvalue weighted by Crippen LogP contribution is 2.36. The van der Waals surface area contributed by atoms with Gasteiger partial charge in [-0.3, -0.25) is 0 Å². The standard InChI is InChI=1S/C19H18FNO4.C7H7O/c1-4-24-19-10-17(13-6-5-12(23-3)8-15(13)21-19)25-18-9-16(22)11(2)7-14(18)20;8-6-7-4-2-1-3-5-7/h5-10,22H,4H2,1-3H3;1-5H,6H2. The topological polar surface area (TPSA) is 80.7 Å². The van der Waals surface area contributed by atoms with Gasteiger partial charge in [-0.25, -0.2) is 14.5 Å². The van der Waals surface area contributed by atoms with E-state index in [0.29, 0.717) is 40.5 Å². The van der Waals surface area contributed by atoms with E-state index in [0.717, 1.165) is 5.56 Å². The van der Waals surface area contributed by atoms with Gasteiger partial charge in [0, 0.05) is 23.6 Å². The summed E-state index contributed by atoms with van der Waals surface area (Å²) < 4.78 is 30.6. The Morgan fingerprint density at radius 3 is 2.39 bits per heavy atom. The first-order valence-electron chi connectivity index (χ1n) is 10.4. The number of ether oxygens (including phenoxy) is 3. The number of aryl methyl sites for hydroxylation is 1. The third-order valence-electron chi connectivity index (χ3n) is 4.73. The zero-order valence-electron chi connectivity index (χ0n) is 18.7. The molecule has 0 aliphatic heterocycles. The van der Waals surface area contributed by atoms with Gasteiger partial charge in [-0.1, -0.05) is 30.3 Å². The summed E-state index contributed by atoms with van der Waals surface area (Å²) in [6.45, 7) is 3.78. The molecule has 0 amide bonds. The minimum atomic E-state index is -0.563. The molecular weight excluding hydrogens is 425 g/mol. The first-order valence-corrected chi connectivity index (χ1v) is 10.4. The van der Waals surface area contributed by atoms with Gasteiger partial charge in [-0.2, -0.15) is 0 Å². The lowest BCUT2D eigenvalue weighted by molar-refractivity contribution is 0.177. The summed E-state index contributed by atoms with van der Waals surface area (Å²) in [5, 5.41) is 20.6. The van der Waals surface area contributed by atoms with E-state index in [9.17, 15) is 14.6 Å². The van der Waals surface area contributed by atoms with Crippen molar-refractivity contribution < 1.29 is 28.8 Å². The highest BCUT2D eigenvalue weighted by molar-refractivity contribution is 5.87. The first kappa shape index (κ1) is 23.8. The molecule has 0 spiro atoms. The van der Waals surface area contributed by atoms with Crippen LogP contribution in [0.5, 0.6) is 28.9 Å². The molecule has 0 aliphatic carbocycles. The first-order chi connectivity index (χ1) is 15.9. The van der Waals surface area contributed by atoms with Crippen LogP contribution < -0.4 is 14.2 Å². The largest absolute Gasteiger partial charge is 0.508 e. The maximum Gasteiger partial charge on any atom is 0.217 e. The Kier molecular flexibility index (Phi) is 8.05. The number of halogens is 1. The molecule has 0 saturated carbocycles. The Morgan fingerprint density at radius 2 is 1.76 bits per heavy atom. The minimum absolute atomic E-state index is 0.0403. The third-order valence-corrected chi connectivity index (χ3v) is 4.73. The number of phenolic OH excluding ortho intramolecular Hbond substituents is 1. The van der Waals surface area contributed by atoms with Crippen LogP contribution >= 0.6 is 0 Å². The molecule has 0 aliphatic rings. The maximum atomic E-state index is 14.2. The summed E-state index contributed by atoms with van der Waals surface area (Å²) in [7, 11) is 1.56. The molecule has 33 heavy (non-hydrogen) atoms. The molecule has 0 unspecified atom stereocenters. The summed E-state index contributed by atoms with van der Waals surface area (Å²) >= 11 is 0. The molecule has 3 aromatic carbocycles. The van der Waals surface area contributed by atoms with Gasteiger partial charge >= 0.3 is 0 Å². The molecule has 7 heteroatoms. The van der Waals surface area contributed by atoms with Crippen molar-refractivity contribution in [3.8, 4) is 28.9 Å². The predicted octanol–water partition coefficient (Wildman–Crippen LogP) is 6.20. The van der Waals surface area contributed by atoms with Crippen LogP contribution in [0, 0.1) is 12.7 Å². The van der Waals surface area contributed by atoms with E-state index in [-0.39, 0.29) is 18.1 Å². The van der Waals surface area contributed by atoms with E-state index in [1.165, 1.54) is 12.1 Å². The van der Waals surface area contributed by atoms with Crippen LogP contribution in [0.15, 0.2) is 66.7 Å². The van der Waals surface area contributed by atoms with E-state index >= 15 is 0 Å². The second-order valence-electron chi connectivity index (χ2n) is 7.08. The fourth-order valence-electron chi connectivity index (χ4n) is 3.00. The fraction of sp³-hybridized carbons (Fsp3) is 0.192. The van der Waals surface area contributed by atoms with Crippen molar-refractivity contribution in [2.45, 2.75) is 20.5 Å². The van der Waals surface area contributed by atoms with Gasteiger partial charge in [0.15, 0.2) is 11.6 Å². The molecule has 0 atom stereocenters. The Labute approximate surface area is 191 Å². The van der Waals surface area contributed by atoms with Crippen LogP contribution in [0.25, 0.3) is 10.9 Å². The monoisotopic (exact) mass is 450 g/mol. The highest BCUT2D eigenvalue weighted by atomic mass is 19.1. The number of nitrogens with zero attached hydrogens (tertiary/aromatic N) is 1. The van der Waals surface area contributed by atoms with Gasteiger partial charge in [0.1, 0.15) is 23.9 Å². The summed E-state index contributed by atoms with van der Waals surface area (Å²) in [5.74, 6) is 0.689. The van der Waals surface area contributed by atoms with Gasteiger partial charge in [-0.15, -0.1) is 0 Å². The van der Waals surface area contributed by atoms with Gasteiger partial charge in [0.25, 0.3) is 0 Å². The Morgan fingerprint density at radius 1 is 1.00 bits per heavy atom. The average Bonchev–Trinajstić information content (AvgIpc) is 2.83. The van der Waals surface area contributed by atoms with Crippen LogP contribution in [-0.4, -0.2) is 23.8 Å². The SMILES string of the molecule is CCOc1cc(Oc2cc(O)c(C)cc2F)c2ccc(OC)cc2n1.[O]Cc1ccccc1. The molecule has 4 rings (SSSR count). The molecule has 4 aromatic rings.